The van der Waals surface area contributed by atoms with E-state index in [9.17, 15) is 9.59 Å². The zero-order valence-corrected chi connectivity index (χ0v) is 27.6. The van der Waals surface area contributed by atoms with E-state index in [-0.39, 0.29) is 25.6 Å². The van der Waals surface area contributed by atoms with Crippen molar-refractivity contribution in [3.8, 4) is 23.0 Å². The summed E-state index contributed by atoms with van der Waals surface area (Å²) in [4.78, 5) is 32.4. The first kappa shape index (κ1) is 30.2. The number of hydrogen-bond donors (Lipinski definition) is 0. The van der Waals surface area contributed by atoms with Crippen molar-refractivity contribution in [3.05, 3.63) is 111 Å². The third-order valence-electron chi connectivity index (χ3n) is 7.11. The third-order valence-corrected chi connectivity index (χ3v) is 9.26. The summed E-state index contributed by atoms with van der Waals surface area (Å²) in [6.45, 7) is 4.05. The van der Waals surface area contributed by atoms with Crippen LogP contribution in [0.2, 0.25) is 5.02 Å². The molecule has 0 bridgehead atoms. The highest BCUT2D eigenvalue weighted by Gasteiger charge is 2.34. The molecule has 3 heterocycles. The van der Waals surface area contributed by atoms with E-state index in [0.29, 0.717) is 54.2 Å². The van der Waals surface area contributed by atoms with E-state index in [1.807, 2.05) is 42.5 Å². The van der Waals surface area contributed by atoms with Gasteiger partial charge in [0.05, 0.1) is 39.1 Å². The highest BCUT2D eigenvalue weighted by molar-refractivity contribution is 14.1. The number of nitrogens with zero attached hydrogens (tertiary/aromatic N) is 2. The molecule has 0 radical (unpaired) electrons. The van der Waals surface area contributed by atoms with Crippen LogP contribution in [0.4, 0.5) is 0 Å². The molecule has 2 aliphatic heterocycles. The van der Waals surface area contributed by atoms with Gasteiger partial charge in [-0.1, -0.05) is 47.2 Å². The number of rotatable bonds is 8. The van der Waals surface area contributed by atoms with Crippen molar-refractivity contribution < 1.29 is 28.5 Å². The summed E-state index contributed by atoms with van der Waals surface area (Å²) < 4.78 is 31.0. The van der Waals surface area contributed by atoms with Gasteiger partial charge in [0.15, 0.2) is 27.8 Å². The van der Waals surface area contributed by atoms with E-state index >= 15 is 0 Å². The van der Waals surface area contributed by atoms with Gasteiger partial charge in [0.1, 0.15) is 6.61 Å². The maximum atomic E-state index is 14.0. The topological polar surface area (TPSA) is 97.6 Å². The fraction of sp³-hybridized carbons (Fsp3) is 0.219. The lowest BCUT2D eigenvalue weighted by atomic mass is 9.95. The average molecular weight is 745 g/mol. The summed E-state index contributed by atoms with van der Waals surface area (Å²) in [6.07, 6.45) is 1.78. The van der Waals surface area contributed by atoms with Gasteiger partial charge in [-0.25, -0.2) is 9.79 Å². The largest absolute Gasteiger partial charge is 0.493 e. The van der Waals surface area contributed by atoms with E-state index in [2.05, 4.69) is 27.6 Å². The van der Waals surface area contributed by atoms with Gasteiger partial charge in [-0.2, -0.15) is 0 Å². The summed E-state index contributed by atoms with van der Waals surface area (Å²) in [5.41, 5.74) is 2.75. The van der Waals surface area contributed by atoms with Gasteiger partial charge in [-0.05, 0) is 84.0 Å². The van der Waals surface area contributed by atoms with Crippen LogP contribution in [0.25, 0.3) is 6.08 Å². The van der Waals surface area contributed by atoms with Gasteiger partial charge in [0, 0.05) is 10.6 Å². The Labute approximate surface area is 275 Å². The summed E-state index contributed by atoms with van der Waals surface area (Å²) in [5, 5.41) is 0.619. The van der Waals surface area contributed by atoms with Crippen LogP contribution < -0.4 is 33.8 Å². The average Bonchev–Trinajstić information content (AvgIpc) is 3.60. The Morgan fingerprint density at radius 2 is 1.98 bits per heavy atom. The van der Waals surface area contributed by atoms with Crippen LogP contribution in [0.1, 0.15) is 36.6 Å². The Morgan fingerprint density at radius 3 is 2.75 bits per heavy atom. The van der Waals surface area contributed by atoms with Gasteiger partial charge in [-0.3, -0.25) is 9.36 Å². The zero-order valence-electron chi connectivity index (χ0n) is 23.9. The monoisotopic (exact) mass is 744 g/mol. The molecule has 0 fully saturated rings. The van der Waals surface area contributed by atoms with Crippen molar-refractivity contribution in [2.45, 2.75) is 26.5 Å². The number of esters is 1. The van der Waals surface area contributed by atoms with Crippen LogP contribution in [0.5, 0.6) is 23.0 Å². The van der Waals surface area contributed by atoms with Gasteiger partial charge in [-0.15, -0.1) is 0 Å². The molecule has 12 heteroatoms. The first-order valence-electron chi connectivity index (χ1n) is 13.6. The molecule has 3 aromatic carbocycles. The fourth-order valence-electron chi connectivity index (χ4n) is 5.07. The molecule has 0 spiro atoms. The molecule has 1 aromatic heterocycles. The Kier molecular flexibility index (Phi) is 8.70. The predicted molar refractivity (Wildman–Crippen MR) is 174 cm³/mol. The SMILES string of the molecule is CCOC(=O)C1=C(C)N=c2s/c(=C/c3cc(I)c(OCc4ccccc4Cl)c(OC)c3)c(=O)n2C1c1ccc2c(c1)OCO2. The molecule has 9 nitrogen and oxygen atoms in total. The number of methoxy groups -OCH3 is 1. The van der Waals surface area contributed by atoms with Crippen molar-refractivity contribution >= 4 is 57.6 Å². The Bertz CT molecular complexity index is 2000. The van der Waals surface area contributed by atoms with E-state index in [0.717, 1.165) is 14.7 Å². The Hall–Kier alpha value is -3.81. The van der Waals surface area contributed by atoms with Crippen LogP contribution in [0.3, 0.4) is 0 Å². The number of carbonyl (C=O) groups excluding carboxylic acids is 1. The van der Waals surface area contributed by atoms with Crippen LogP contribution in [-0.4, -0.2) is 31.0 Å². The van der Waals surface area contributed by atoms with Crippen LogP contribution in [0.15, 0.2) is 75.7 Å². The lowest BCUT2D eigenvalue weighted by molar-refractivity contribution is -0.139. The molecule has 0 N–H and O–H groups in total. The number of fused-ring (bicyclic) bond motifs is 2. The van der Waals surface area contributed by atoms with E-state index < -0.39 is 12.0 Å². The number of ether oxygens (including phenoxy) is 5. The van der Waals surface area contributed by atoms with Crippen LogP contribution in [0, 0.1) is 3.57 Å². The van der Waals surface area contributed by atoms with Crippen LogP contribution in [-0.2, 0) is 16.1 Å². The maximum Gasteiger partial charge on any atom is 0.338 e. The Balaban J connectivity index is 1.42. The summed E-state index contributed by atoms with van der Waals surface area (Å²) >= 11 is 9.73. The molecule has 2 aliphatic rings. The molecule has 1 atom stereocenters. The third kappa shape index (κ3) is 5.71. The first-order chi connectivity index (χ1) is 21.3. The molecule has 6 rings (SSSR count). The highest BCUT2D eigenvalue weighted by Crippen LogP contribution is 2.38. The second-order valence-electron chi connectivity index (χ2n) is 9.83. The Morgan fingerprint density at radius 1 is 1.18 bits per heavy atom. The highest BCUT2D eigenvalue weighted by atomic mass is 127. The molecule has 226 valence electrons. The second-order valence-corrected chi connectivity index (χ2v) is 12.4. The number of aromatic nitrogens is 1. The van der Waals surface area contributed by atoms with Gasteiger partial charge in [0.25, 0.3) is 5.56 Å². The van der Waals surface area contributed by atoms with Gasteiger partial charge >= 0.3 is 5.97 Å². The molecular weight excluding hydrogens is 719 g/mol. The molecule has 0 aliphatic carbocycles. The molecule has 4 aromatic rings. The maximum absolute atomic E-state index is 14.0. The quantitative estimate of drug-likeness (QED) is 0.177. The number of carbonyl (C=O) groups is 1. The minimum absolute atomic E-state index is 0.104. The molecule has 0 saturated carbocycles. The smallest absolute Gasteiger partial charge is 0.338 e. The van der Waals surface area contributed by atoms with Crippen molar-refractivity contribution in [2.24, 2.45) is 4.99 Å². The number of benzene rings is 3. The predicted octanol–water partition coefficient (Wildman–Crippen LogP) is 5.37. The summed E-state index contributed by atoms with van der Waals surface area (Å²) in [6, 6.07) is 15.8. The molecule has 44 heavy (non-hydrogen) atoms. The van der Waals surface area contributed by atoms with Crippen molar-refractivity contribution in [1.82, 2.24) is 4.57 Å². The van der Waals surface area contributed by atoms with E-state index in [1.165, 1.54) is 15.9 Å². The molecule has 0 amide bonds. The van der Waals surface area contributed by atoms with Crippen molar-refractivity contribution in [2.75, 3.05) is 20.5 Å². The normalized spacial score (nSPS) is 15.6. The van der Waals surface area contributed by atoms with E-state index in [4.69, 9.17) is 35.3 Å². The van der Waals surface area contributed by atoms with Crippen molar-refractivity contribution in [3.63, 3.8) is 0 Å². The minimum Gasteiger partial charge on any atom is -0.493 e. The lowest BCUT2D eigenvalue weighted by Gasteiger charge is -2.24. The van der Waals surface area contributed by atoms with Gasteiger partial charge < -0.3 is 23.7 Å². The van der Waals surface area contributed by atoms with Crippen LogP contribution >= 0.6 is 45.5 Å². The molecule has 0 saturated heterocycles. The lowest BCUT2D eigenvalue weighted by Crippen LogP contribution is -2.39. The molecular formula is C32H26ClIN2O7S. The number of hydrogen-bond acceptors (Lipinski definition) is 9. The fourth-order valence-corrected chi connectivity index (χ4v) is 7.09. The van der Waals surface area contributed by atoms with Gasteiger partial charge in [0.2, 0.25) is 6.79 Å². The summed E-state index contributed by atoms with van der Waals surface area (Å²) in [7, 11) is 1.57. The number of allylic oxidation sites excluding steroid dienone is 1. The zero-order chi connectivity index (χ0) is 31.0. The number of thiazole rings is 1. The minimum atomic E-state index is -0.766. The van der Waals surface area contributed by atoms with E-state index in [1.54, 1.807) is 39.2 Å². The van der Waals surface area contributed by atoms with Crippen molar-refractivity contribution in [1.29, 1.82) is 0 Å². The standard InChI is InChI=1S/C32H26ClIN2O7S/c1-4-40-31(38)27-17(2)35-32-36(28(27)19-9-10-23-24(14-19)43-16-42-23)30(37)26(44-32)13-18-11-22(34)29(25(12-18)39-3)41-15-20-7-5-6-8-21(20)33/h5-14,28H,4,15-16H2,1-3H3/b26-13+. The second kappa shape index (κ2) is 12.7. The first-order valence-corrected chi connectivity index (χ1v) is 15.9. The number of halogens is 2. The summed E-state index contributed by atoms with van der Waals surface area (Å²) in [5.74, 6) is 1.70. The molecule has 1 unspecified atom stereocenters.